The lowest BCUT2D eigenvalue weighted by Crippen LogP contribution is -2.39. The molecule has 0 atom stereocenters. The summed E-state index contributed by atoms with van der Waals surface area (Å²) < 4.78 is 11.0. The molecule has 2 N–H and O–H groups in total. The van der Waals surface area contributed by atoms with Gasteiger partial charge in [-0.2, -0.15) is 10.4 Å². The monoisotopic (exact) mass is 346 g/mol. The number of anilines is 1. The Kier molecular flexibility index (Phi) is 4.88. The van der Waals surface area contributed by atoms with Crippen LogP contribution >= 0.6 is 12.4 Å². The first-order valence-corrected chi connectivity index (χ1v) is 7.24. The van der Waals surface area contributed by atoms with E-state index in [-0.39, 0.29) is 12.4 Å². The number of methoxy groups -OCH3 is 1. The van der Waals surface area contributed by atoms with Gasteiger partial charge in [-0.05, 0) is 32.1 Å². The Hall–Kier alpha value is -2.49. The van der Waals surface area contributed by atoms with E-state index in [1.54, 1.807) is 12.1 Å². The van der Waals surface area contributed by atoms with E-state index in [4.69, 9.17) is 15.2 Å². The molecule has 0 amide bonds. The maximum Gasteiger partial charge on any atom is 0.144 e. The summed E-state index contributed by atoms with van der Waals surface area (Å²) in [6.07, 6.45) is 1.89. The number of fused-ring (bicyclic) bond motifs is 1. The first kappa shape index (κ1) is 17.9. The van der Waals surface area contributed by atoms with Crippen LogP contribution in [-0.2, 0) is 4.74 Å². The number of allylic oxidation sites excluding steroid dienone is 1. The van der Waals surface area contributed by atoms with Crippen molar-refractivity contribution in [3.63, 3.8) is 0 Å². The molecule has 7 heteroatoms. The lowest BCUT2D eigenvalue weighted by atomic mass is 9.92. The van der Waals surface area contributed by atoms with Gasteiger partial charge in [0.1, 0.15) is 23.2 Å². The summed E-state index contributed by atoms with van der Waals surface area (Å²) in [5.74, 6) is 0.991. The van der Waals surface area contributed by atoms with Gasteiger partial charge < -0.3 is 15.2 Å². The van der Waals surface area contributed by atoms with E-state index in [9.17, 15) is 5.26 Å². The predicted octanol–water partition coefficient (Wildman–Crippen LogP) is 2.72. The van der Waals surface area contributed by atoms with Crippen molar-refractivity contribution in [3.05, 3.63) is 47.3 Å². The standard InChI is InChI=1S/C17H18N4O2.ClH/c1-17(2)8-13-14(9-18)16(19)21(20-15(13)10-23-17)11-5-4-6-12(7-11)22-3;/h4-8H,10,19H2,1-3H3;1H. The summed E-state index contributed by atoms with van der Waals surface area (Å²) in [5, 5.41) is 15.7. The summed E-state index contributed by atoms with van der Waals surface area (Å²) >= 11 is 0. The Labute approximate surface area is 147 Å². The molecular weight excluding hydrogens is 328 g/mol. The number of hydrazone groups is 1. The topological polar surface area (TPSA) is 83.9 Å². The number of rotatable bonds is 2. The van der Waals surface area contributed by atoms with Gasteiger partial charge in [-0.1, -0.05) is 6.07 Å². The molecule has 0 fully saturated rings. The lowest BCUT2D eigenvalue weighted by molar-refractivity contribution is 0.0409. The van der Waals surface area contributed by atoms with Crippen molar-refractivity contribution in [2.45, 2.75) is 19.4 Å². The summed E-state index contributed by atoms with van der Waals surface area (Å²) in [5.41, 5.74) is 8.34. The average molecular weight is 347 g/mol. The highest BCUT2D eigenvalue weighted by molar-refractivity contribution is 6.08. The molecule has 2 heterocycles. The third-order valence-corrected chi connectivity index (χ3v) is 3.77. The Balaban J connectivity index is 0.00000208. The van der Waals surface area contributed by atoms with E-state index in [2.05, 4.69) is 11.2 Å². The van der Waals surface area contributed by atoms with Crippen LogP contribution in [-0.4, -0.2) is 25.0 Å². The van der Waals surface area contributed by atoms with Gasteiger partial charge in [0.2, 0.25) is 0 Å². The fourth-order valence-corrected chi connectivity index (χ4v) is 2.58. The second-order valence-corrected chi connectivity index (χ2v) is 5.88. The van der Waals surface area contributed by atoms with Crippen LogP contribution in [0, 0.1) is 11.3 Å². The smallest absolute Gasteiger partial charge is 0.144 e. The molecule has 126 valence electrons. The van der Waals surface area contributed by atoms with E-state index in [1.165, 1.54) is 0 Å². The van der Waals surface area contributed by atoms with Crippen molar-refractivity contribution in [2.24, 2.45) is 10.8 Å². The largest absolute Gasteiger partial charge is 0.497 e. The van der Waals surface area contributed by atoms with Gasteiger partial charge in [0, 0.05) is 11.6 Å². The molecule has 0 bridgehead atoms. The van der Waals surface area contributed by atoms with Crippen LogP contribution < -0.4 is 15.5 Å². The quantitative estimate of drug-likeness (QED) is 0.890. The van der Waals surface area contributed by atoms with Crippen LogP contribution in [0.3, 0.4) is 0 Å². The number of nitriles is 1. The third kappa shape index (κ3) is 3.09. The highest BCUT2D eigenvalue weighted by atomic mass is 35.5. The average Bonchev–Trinajstić information content (AvgIpc) is 2.54. The number of hydrogen-bond donors (Lipinski definition) is 1. The van der Waals surface area contributed by atoms with E-state index < -0.39 is 5.60 Å². The summed E-state index contributed by atoms with van der Waals surface area (Å²) in [6, 6.07) is 9.55. The molecule has 0 radical (unpaired) electrons. The maximum atomic E-state index is 9.56. The van der Waals surface area contributed by atoms with Crippen LogP contribution in [0.15, 0.2) is 52.4 Å². The molecule has 1 aromatic carbocycles. The number of halogens is 1. The van der Waals surface area contributed by atoms with Crippen LogP contribution in [0.2, 0.25) is 0 Å². The predicted molar refractivity (Wildman–Crippen MR) is 95.1 cm³/mol. The molecule has 0 unspecified atom stereocenters. The van der Waals surface area contributed by atoms with Gasteiger partial charge in [0.25, 0.3) is 0 Å². The van der Waals surface area contributed by atoms with Gasteiger partial charge in [-0.3, -0.25) is 0 Å². The Morgan fingerprint density at radius 1 is 1.42 bits per heavy atom. The highest BCUT2D eigenvalue weighted by Crippen LogP contribution is 2.33. The van der Waals surface area contributed by atoms with Crippen molar-refractivity contribution < 1.29 is 9.47 Å². The number of ether oxygens (including phenoxy) is 2. The zero-order chi connectivity index (χ0) is 16.6. The second-order valence-electron chi connectivity index (χ2n) is 5.88. The van der Waals surface area contributed by atoms with Crippen LogP contribution in [0.25, 0.3) is 0 Å². The van der Waals surface area contributed by atoms with Crippen LogP contribution in [0.5, 0.6) is 5.75 Å². The van der Waals surface area contributed by atoms with E-state index in [0.717, 1.165) is 11.3 Å². The van der Waals surface area contributed by atoms with Crippen LogP contribution in [0.1, 0.15) is 13.8 Å². The molecule has 0 saturated carbocycles. The molecule has 24 heavy (non-hydrogen) atoms. The zero-order valence-corrected chi connectivity index (χ0v) is 14.6. The number of hydrogen-bond acceptors (Lipinski definition) is 6. The molecule has 0 aliphatic carbocycles. The molecular formula is C17H19ClN4O2. The third-order valence-electron chi connectivity index (χ3n) is 3.77. The summed E-state index contributed by atoms with van der Waals surface area (Å²) in [4.78, 5) is 0. The lowest BCUT2D eigenvalue weighted by Gasteiger charge is -2.34. The molecule has 3 rings (SSSR count). The molecule has 6 nitrogen and oxygen atoms in total. The van der Waals surface area contributed by atoms with Crippen molar-refractivity contribution in [3.8, 4) is 11.8 Å². The van der Waals surface area contributed by atoms with Gasteiger partial charge in [-0.25, -0.2) is 5.01 Å². The second kappa shape index (κ2) is 6.56. The fourth-order valence-electron chi connectivity index (χ4n) is 2.58. The van der Waals surface area contributed by atoms with Crippen molar-refractivity contribution >= 4 is 23.8 Å². The fraction of sp³-hybridized carbons (Fsp3) is 0.294. The molecule has 2 aliphatic rings. The van der Waals surface area contributed by atoms with Gasteiger partial charge in [0.15, 0.2) is 0 Å². The Bertz CT molecular complexity index is 790. The van der Waals surface area contributed by atoms with E-state index in [0.29, 0.717) is 29.5 Å². The zero-order valence-electron chi connectivity index (χ0n) is 13.7. The Morgan fingerprint density at radius 3 is 2.83 bits per heavy atom. The molecule has 0 aromatic heterocycles. The molecule has 1 aromatic rings. The maximum absolute atomic E-state index is 9.56. The SMILES string of the molecule is COc1cccc(N2N=C3COC(C)(C)C=C3C(C#N)=C2N)c1.Cl. The van der Waals surface area contributed by atoms with Crippen molar-refractivity contribution in [1.82, 2.24) is 0 Å². The highest BCUT2D eigenvalue weighted by Gasteiger charge is 2.33. The molecule has 0 saturated heterocycles. The molecule has 0 spiro atoms. The van der Waals surface area contributed by atoms with Crippen molar-refractivity contribution in [1.29, 1.82) is 5.26 Å². The minimum absolute atomic E-state index is 0. The number of nitrogens with zero attached hydrogens (tertiary/aromatic N) is 3. The normalized spacial score (nSPS) is 18.7. The van der Waals surface area contributed by atoms with E-state index >= 15 is 0 Å². The van der Waals surface area contributed by atoms with Crippen molar-refractivity contribution in [2.75, 3.05) is 18.7 Å². The van der Waals surface area contributed by atoms with Gasteiger partial charge in [0.05, 0.1) is 30.7 Å². The summed E-state index contributed by atoms with van der Waals surface area (Å²) in [7, 11) is 1.60. The minimum atomic E-state index is -0.450. The van der Waals surface area contributed by atoms with Gasteiger partial charge >= 0.3 is 0 Å². The number of benzene rings is 1. The first-order valence-electron chi connectivity index (χ1n) is 7.24. The van der Waals surface area contributed by atoms with Gasteiger partial charge in [-0.15, -0.1) is 12.4 Å². The van der Waals surface area contributed by atoms with E-state index in [1.807, 2.05) is 44.2 Å². The molecule has 2 aliphatic heterocycles. The number of nitrogens with two attached hydrogens (primary N) is 1. The Morgan fingerprint density at radius 2 is 2.17 bits per heavy atom. The summed E-state index contributed by atoms with van der Waals surface area (Å²) in [6.45, 7) is 4.21. The van der Waals surface area contributed by atoms with Crippen LogP contribution in [0.4, 0.5) is 5.69 Å². The minimum Gasteiger partial charge on any atom is -0.497 e. The first-order chi connectivity index (χ1) is 10.9.